The lowest BCUT2D eigenvalue weighted by Gasteiger charge is -2.27. The van der Waals surface area contributed by atoms with Crippen molar-refractivity contribution in [3.8, 4) is 0 Å². The molecule has 5 heteroatoms. The van der Waals surface area contributed by atoms with Crippen LogP contribution in [0.2, 0.25) is 0 Å². The fraction of sp³-hybridized carbons (Fsp3) is 0.846. The summed E-state index contributed by atoms with van der Waals surface area (Å²) in [6, 6.07) is -0.910. The molecule has 5 nitrogen and oxygen atoms in total. The summed E-state index contributed by atoms with van der Waals surface area (Å²) in [5.41, 5.74) is -0.596. The molecule has 1 aliphatic heterocycles. The van der Waals surface area contributed by atoms with Gasteiger partial charge in [0.1, 0.15) is 5.60 Å². The molecule has 1 heterocycles. The van der Waals surface area contributed by atoms with E-state index in [1.54, 1.807) is 27.7 Å². The molecule has 104 valence electrons. The molecule has 1 saturated heterocycles. The van der Waals surface area contributed by atoms with Crippen molar-refractivity contribution in [1.82, 2.24) is 4.90 Å². The summed E-state index contributed by atoms with van der Waals surface area (Å²) in [4.78, 5) is 25.8. The molecule has 1 fully saturated rings. The maximum absolute atomic E-state index is 12.1. The summed E-state index contributed by atoms with van der Waals surface area (Å²) in [5, 5.41) is 0. The highest BCUT2D eigenvalue weighted by Gasteiger charge is 2.38. The van der Waals surface area contributed by atoms with Gasteiger partial charge in [-0.15, -0.1) is 0 Å². The lowest BCUT2D eigenvalue weighted by atomic mass is 10.2. The molecule has 1 rings (SSSR count). The van der Waals surface area contributed by atoms with E-state index in [0.717, 1.165) is 25.9 Å². The van der Waals surface area contributed by atoms with E-state index in [1.807, 2.05) is 4.90 Å². The van der Waals surface area contributed by atoms with Gasteiger partial charge in [0.15, 0.2) is 0 Å². The van der Waals surface area contributed by atoms with E-state index in [4.69, 9.17) is 9.47 Å². The van der Waals surface area contributed by atoms with E-state index in [9.17, 15) is 9.59 Å². The Morgan fingerprint density at radius 1 is 1.17 bits per heavy atom. The maximum Gasteiger partial charge on any atom is 0.335 e. The highest BCUT2D eigenvalue weighted by molar-refractivity contribution is 5.99. The van der Waals surface area contributed by atoms with Gasteiger partial charge in [0.25, 0.3) is 0 Å². The molecular formula is C13H23NO4. The predicted molar refractivity (Wildman–Crippen MR) is 67.1 cm³/mol. The second-order valence-electron chi connectivity index (χ2n) is 5.43. The van der Waals surface area contributed by atoms with E-state index in [0.29, 0.717) is 0 Å². The molecule has 0 N–H and O–H groups in total. The van der Waals surface area contributed by atoms with Crippen molar-refractivity contribution in [2.24, 2.45) is 0 Å². The highest BCUT2D eigenvalue weighted by atomic mass is 16.6. The average Bonchev–Trinajstić information content (AvgIpc) is 2.68. The second-order valence-corrected chi connectivity index (χ2v) is 5.43. The van der Waals surface area contributed by atoms with Crippen LogP contribution in [-0.2, 0) is 19.1 Å². The molecule has 0 aliphatic carbocycles. The third-order valence-corrected chi connectivity index (χ3v) is 2.65. The molecule has 0 amide bonds. The number of hydrogen-bond donors (Lipinski definition) is 0. The smallest absolute Gasteiger partial charge is 0.335 e. The van der Waals surface area contributed by atoms with Gasteiger partial charge in [-0.1, -0.05) is 0 Å². The van der Waals surface area contributed by atoms with Crippen LogP contribution in [0.3, 0.4) is 0 Å². The molecule has 0 aromatic heterocycles. The van der Waals surface area contributed by atoms with Crippen LogP contribution in [0.25, 0.3) is 0 Å². The minimum absolute atomic E-state index is 0.270. The fourth-order valence-electron chi connectivity index (χ4n) is 1.97. The molecule has 1 aliphatic rings. The van der Waals surface area contributed by atoms with Crippen LogP contribution < -0.4 is 0 Å². The Kier molecular flexibility index (Phi) is 5.14. The number of ether oxygens (including phenoxy) is 2. The summed E-state index contributed by atoms with van der Waals surface area (Å²) in [5.74, 6) is -1.02. The Bertz CT molecular complexity index is 303. The lowest BCUT2D eigenvalue weighted by molar-refractivity contribution is -0.170. The topological polar surface area (TPSA) is 55.8 Å². The zero-order valence-corrected chi connectivity index (χ0v) is 11.7. The first-order valence-electron chi connectivity index (χ1n) is 6.48. The Morgan fingerprint density at radius 2 is 1.72 bits per heavy atom. The number of nitrogens with zero attached hydrogens (tertiary/aromatic N) is 1. The van der Waals surface area contributed by atoms with Gasteiger partial charge < -0.3 is 9.47 Å². The van der Waals surface area contributed by atoms with Crippen molar-refractivity contribution in [2.75, 3.05) is 19.7 Å². The summed E-state index contributed by atoms with van der Waals surface area (Å²) < 4.78 is 10.3. The van der Waals surface area contributed by atoms with Gasteiger partial charge in [0.2, 0.25) is 6.04 Å². The molecule has 0 bridgehead atoms. The van der Waals surface area contributed by atoms with Crippen LogP contribution in [0, 0.1) is 0 Å². The molecule has 0 saturated carbocycles. The molecule has 1 atom stereocenters. The van der Waals surface area contributed by atoms with Gasteiger partial charge in [0.05, 0.1) is 6.61 Å². The summed E-state index contributed by atoms with van der Waals surface area (Å²) in [6.45, 7) is 8.84. The van der Waals surface area contributed by atoms with Gasteiger partial charge in [0, 0.05) is 0 Å². The molecular weight excluding hydrogens is 234 g/mol. The van der Waals surface area contributed by atoms with Gasteiger partial charge in [-0.3, -0.25) is 4.90 Å². The number of esters is 2. The van der Waals surface area contributed by atoms with Crippen molar-refractivity contribution in [3.63, 3.8) is 0 Å². The minimum atomic E-state index is -0.910. The number of carbonyl (C=O) groups excluding carboxylic acids is 2. The largest absolute Gasteiger partial charge is 0.464 e. The van der Waals surface area contributed by atoms with Crippen LogP contribution in [0.4, 0.5) is 0 Å². The lowest BCUT2D eigenvalue weighted by Crippen LogP contribution is -2.48. The number of carbonyl (C=O) groups is 2. The van der Waals surface area contributed by atoms with Crippen molar-refractivity contribution < 1.29 is 19.1 Å². The first-order chi connectivity index (χ1) is 8.35. The zero-order chi connectivity index (χ0) is 13.8. The highest BCUT2D eigenvalue weighted by Crippen LogP contribution is 2.17. The van der Waals surface area contributed by atoms with Crippen molar-refractivity contribution >= 4 is 11.9 Å². The van der Waals surface area contributed by atoms with Crippen LogP contribution in [-0.4, -0.2) is 48.2 Å². The van der Waals surface area contributed by atoms with E-state index in [1.165, 1.54) is 0 Å². The van der Waals surface area contributed by atoms with Crippen LogP contribution >= 0.6 is 0 Å². The van der Waals surface area contributed by atoms with Crippen molar-refractivity contribution in [2.45, 2.75) is 52.2 Å². The van der Waals surface area contributed by atoms with Crippen molar-refractivity contribution in [3.05, 3.63) is 0 Å². The summed E-state index contributed by atoms with van der Waals surface area (Å²) >= 11 is 0. The SMILES string of the molecule is CCOC(=O)C(C(=O)OC(C)(C)C)N1CCCC1. The molecule has 0 spiro atoms. The Hall–Kier alpha value is -1.10. The zero-order valence-electron chi connectivity index (χ0n) is 11.7. The van der Waals surface area contributed by atoms with Crippen molar-refractivity contribution in [1.29, 1.82) is 0 Å². The quantitative estimate of drug-likeness (QED) is 0.562. The van der Waals surface area contributed by atoms with Gasteiger partial charge >= 0.3 is 11.9 Å². The first kappa shape index (κ1) is 15.0. The third kappa shape index (κ3) is 4.29. The Morgan fingerprint density at radius 3 is 2.17 bits per heavy atom. The fourth-order valence-corrected chi connectivity index (χ4v) is 1.97. The number of rotatable bonds is 4. The van der Waals surface area contributed by atoms with Gasteiger partial charge in [-0.2, -0.15) is 0 Å². The van der Waals surface area contributed by atoms with Gasteiger partial charge in [-0.25, -0.2) is 9.59 Å². The number of likely N-dealkylation sites (tertiary alicyclic amines) is 1. The number of hydrogen-bond acceptors (Lipinski definition) is 5. The summed E-state index contributed by atoms with van der Waals surface area (Å²) in [7, 11) is 0. The first-order valence-corrected chi connectivity index (χ1v) is 6.48. The summed E-state index contributed by atoms with van der Waals surface area (Å²) in [6.07, 6.45) is 2.00. The molecule has 18 heavy (non-hydrogen) atoms. The standard InChI is InChI=1S/C13H23NO4/c1-5-17-11(15)10(14-8-6-7-9-14)12(16)18-13(2,3)4/h10H,5-9H2,1-4H3. The second kappa shape index (κ2) is 6.18. The van der Waals surface area contributed by atoms with E-state index in [2.05, 4.69) is 0 Å². The third-order valence-electron chi connectivity index (χ3n) is 2.65. The Labute approximate surface area is 108 Å². The Balaban J connectivity index is 2.76. The van der Waals surface area contributed by atoms with E-state index < -0.39 is 23.6 Å². The predicted octanol–water partition coefficient (Wildman–Crippen LogP) is 1.36. The molecule has 1 unspecified atom stereocenters. The van der Waals surface area contributed by atoms with Crippen LogP contribution in [0.15, 0.2) is 0 Å². The normalized spacial score (nSPS) is 18.4. The molecule has 0 aromatic rings. The monoisotopic (exact) mass is 257 g/mol. The minimum Gasteiger partial charge on any atom is -0.464 e. The van der Waals surface area contributed by atoms with Crippen LogP contribution in [0.5, 0.6) is 0 Å². The van der Waals surface area contributed by atoms with Crippen LogP contribution in [0.1, 0.15) is 40.5 Å². The average molecular weight is 257 g/mol. The van der Waals surface area contributed by atoms with E-state index in [-0.39, 0.29) is 6.61 Å². The molecule has 0 aromatic carbocycles. The van der Waals surface area contributed by atoms with Gasteiger partial charge in [-0.05, 0) is 53.6 Å². The van der Waals surface area contributed by atoms with E-state index >= 15 is 0 Å². The maximum atomic E-state index is 12.1. The molecule has 0 radical (unpaired) electrons.